The molecule has 0 aromatic carbocycles. The Balaban J connectivity index is 1.84. The zero-order chi connectivity index (χ0) is 11.4. The third kappa shape index (κ3) is 2.35. The number of rotatable bonds is 6. The number of hydrogen-bond donors (Lipinski definition) is 2. The van der Waals surface area contributed by atoms with E-state index in [1.807, 2.05) is 0 Å². The summed E-state index contributed by atoms with van der Waals surface area (Å²) in [5.74, 6) is 0.615. The van der Waals surface area contributed by atoms with Crippen LogP contribution in [0.4, 0.5) is 6.01 Å². The van der Waals surface area contributed by atoms with Crippen LogP contribution in [-0.2, 0) is 6.42 Å². The summed E-state index contributed by atoms with van der Waals surface area (Å²) < 4.78 is 5.42. The summed E-state index contributed by atoms with van der Waals surface area (Å²) in [6.07, 6.45) is 5.82. The molecule has 0 amide bonds. The molecule has 1 fully saturated rings. The highest BCUT2D eigenvalue weighted by atomic mass is 16.4. The predicted molar refractivity (Wildman–Crippen MR) is 62.1 cm³/mol. The Hall–Kier alpha value is -1.10. The van der Waals surface area contributed by atoms with Gasteiger partial charge in [0, 0.05) is 19.5 Å². The van der Waals surface area contributed by atoms with Crippen LogP contribution in [0.2, 0.25) is 0 Å². The molecular weight excluding hydrogens is 204 g/mol. The van der Waals surface area contributed by atoms with Crippen molar-refractivity contribution in [1.82, 2.24) is 10.2 Å². The van der Waals surface area contributed by atoms with Crippen LogP contribution in [0.3, 0.4) is 0 Å². The fourth-order valence-electron chi connectivity index (χ4n) is 2.14. The fourth-order valence-corrected chi connectivity index (χ4v) is 2.14. The molecule has 5 heteroatoms. The van der Waals surface area contributed by atoms with Crippen LogP contribution < -0.4 is 11.1 Å². The van der Waals surface area contributed by atoms with Crippen LogP contribution in [0.5, 0.6) is 0 Å². The fraction of sp³-hybridized carbons (Fsp3) is 0.818. The van der Waals surface area contributed by atoms with E-state index in [2.05, 4.69) is 22.4 Å². The van der Waals surface area contributed by atoms with Gasteiger partial charge in [0.1, 0.15) is 0 Å². The Morgan fingerprint density at radius 1 is 1.44 bits per heavy atom. The molecule has 16 heavy (non-hydrogen) atoms. The van der Waals surface area contributed by atoms with Crippen LogP contribution in [0.25, 0.3) is 0 Å². The molecule has 3 N–H and O–H groups in total. The first-order valence-corrected chi connectivity index (χ1v) is 6.04. The number of nitrogens with zero attached hydrogens (tertiary/aromatic N) is 2. The van der Waals surface area contributed by atoms with Crippen molar-refractivity contribution in [3.05, 3.63) is 5.89 Å². The maximum atomic E-state index is 5.42. The van der Waals surface area contributed by atoms with Gasteiger partial charge in [-0.3, -0.25) is 0 Å². The lowest BCUT2D eigenvalue weighted by Gasteiger charge is -2.41. The summed E-state index contributed by atoms with van der Waals surface area (Å²) in [4.78, 5) is 0. The molecule has 1 saturated carbocycles. The van der Waals surface area contributed by atoms with Crippen LogP contribution in [0, 0.1) is 5.41 Å². The lowest BCUT2D eigenvalue weighted by Crippen LogP contribution is -2.35. The Bertz CT molecular complexity index is 327. The highest BCUT2D eigenvalue weighted by Crippen LogP contribution is 2.43. The minimum Gasteiger partial charge on any atom is -0.408 e. The third-order valence-electron chi connectivity index (χ3n) is 3.60. The molecule has 0 saturated heterocycles. The summed E-state index contributed by atoms with van der Waals surface area (Å²) >= 11 is 0. The summed E-state index contributed by atoms with van der Waals surface area (Å²) in [6.45, 7) is 3.72. The molecule has 1 aromatic rings. The Kier molecular flexibility index (Phi) is 3.43. The van der Waals surface area contributed by atoms with E-state index in [0.29, 0.717) is 30.3 Å². The van der Waals surface area contributed by atoms with Gasteiger partial charge in [-0.05, 0) is 24.7 Å². The number of nitrogens with one attached hydrogen (secondary N) is 1. The van der Waals surface area contributed by atoms with E-state index in [4.69, 9.17) is 10.2 Å². The van der Waals surface area contributed by atoms with E-state index in [0.717, 1.165) is 6.54 Å². The van der Waals surface area contributed by atoms with E-state index < -0.39 is 0 Å². The molecule has 0 bridgehead atoms. The van der Waals surface area contributed by atoms with Crippen molar-refractivity contribution in [3.63, 3.8) is 0 Å². The van der Waals surface area contributed by atoms with Crippen LogP contribution in [-0.4, -0.2) is 23.3 Å². The van der Waals surface area contributed by atoms with Crippen LogP contribution >= 0.6 is 0 Å². The lowest BCUT2D eigenvalue weighted by molar-refractivity contribution is 0.144. The van der Waals surface area contributed by atoms with E-state index in [9.17, 15) is 0 Å². The normalized spacial score (nSPS) is 18.1. The maximum Gasteiger partial charge on any atom is 0.315 e. The van der Waals surface area contributed by atoms with Gasteiger partial charge in [-0.15, -0.1) is 5.10 Å². The van der Waals surface area contributed by atoms with Gasteiger partial charge in [0.15, 0.2) is 0 Å². The van der Waals surface area contributed by atoms with Gasteiger partial charge < -0.3 is 15.5 Å². The van der Waals surface area contributed by atoms with Crippen LogP contribution in [0.15, 0.2) is 4.42 Å². The molecule has 0 spiro atoms. The third-order valence-corrected chi connectivity index (χ3v) is 3.60. The molecule has 0 radical (unpaired) electrons. The molecule has 1 aliphatic carbocycles. The van der Waals surface area contributed by atoms with Gasteiger partial charge in [-0.1, -0.05) is 18.4 Å². The first-order valence-electron chi connectivity index (χ1n) is 6.04. The highest BCUT2D eigenvalue weighted by molar-refractivity contribution is 5.18. The van der Waals surface area contributed by atoms with E-state index in [1.54, 1.807) is 0 Å². The van der Waals surface area contributed by atoms with Gasteiger partial charge in [0.05, 0.1) is 0 Å². The van der Waals surface area contributed by atoms with Crippen LogP contribution in [0.1, 0.15) is 38.5 Å². The second kappa shape index (κ2) is 4.82. The monoisotopic (exact) mass is 224 g/mol. The minimum atomic E-state index is 0.461. The molecule has 1 heterocycles. The second-order valence-electron chi connectivity index (χ2n) is 4.60. The largest absolute Gasteiger partial charge is 0.408 e. The Morgan fingerprint density at radius 3 is 2.81 bits per heavy atom. The van der Waals surface area contributed by atoms with Crippen molar-refractivity contribution in [2.24, 2.45) is 11.1 Å². The molecule has 1 aliphatic rings. The van der Waals surface area contributed by atoms with E-state index in [1.165, 1.54) is 25.7 Å². The zero-order valence-corrected chi connectivity index (χ0v) is 9.83. The van der Waals surface area contributed by atoms with Crippen molar-refractivity contribution in [3.8, 4) is 0 Å². The molecule has 0 unspecified atom stereocenters. The first-order chi connectivity index (χ1) is 7.78. The average molecular weight is 224 g/mol. The van der Waals surface area contributed by atoms with Gasteiger partial charge in [0.25, 0.3) is 0 Å². The van der Waals surface area contributed by atoms with Crippen molar-refractivity contribution < 1.29 is 4.42 Å². The van der Waals surface area contributed by atoms with Gasteiger partial charge in [0.2, 0.25) is 5.89 Å². The molecule has 90 valence electrons. The first kappa shape index (κ1) is 11.4. The summed E-state index contributed by atoms with van der Waals surface area (Å²) in [6, 6.07) is 0.531. The number of aromatic nitrogens is 2. The molecule has 0 aliphatic heterocycles. The SMILES string of the molecule is CCC1(CNc2nnc(CCN)o2)CCC1. The Morgan fingerprint density at radius 2 is 2.25 bits per heavy atom. The smallest absolute Gasteiger partial charge is 0.315 e. The van der Waals surface area contributed by atoms with E-state index in [-0.39, 0.29) is 0 Å². The predicted octanol–water partition coefficient (Wildman–Crippen LogP) is 1.56. The number of anilines is 1. The second-order valence-corrected chi connectivity index (χ2v) is 4.60. The Labute approximate surface area is 95.8 Å². The van der Waals surface area contributed by atoms with Crippen molar-refractivity contribution in [2.75, 3.05) is 18.4 Å². The number of nitrogens with two attached hydrogens (primary N) is 1. The van der Waals surface area contributed by atoms with Crippen molar-refractivity contribution >= 4 is 6.01 Å². The van der Waals surface area contributed by atoms with Crippen molar-refractivity contribution in [2.45, 2.75) is 39.0 Å². The number of hydrogen-bond acceptors (Lipinski definition) is 5. The summed E-state index contributed by atoms with van der Waals surface area (Å²) in [7, 11) is 0. The summed E-state index contributed by atoms with van der Waals surface area (Å²) in [5, 5.41) is 11.1. The molecule has 5 nitrogen and oxygen atoms in total. The maximum absolute atomic E-state index is 5.42. The molecule has 1 aromatic heterocycles. The molecular formula is C11H20N4O. The minimum absolute atomic E-state index is 0.461. The standard InChI is InChI=1S/C11H20N4O/c1-2-11(5-3-6-11)8-13-10-15-14-9(16-10)4-7-12/h2-8,12H2,1H3,(H,13,15). The topological polar surface area (TPSA) is 77.0 Å². The van der Waals surface area contributed by atoms with Gasteiger partial charge >= 0.3 is 6.01 Å². The van der Waals surface area contributed by atoms with Gasteiger partial charge in [-0.2, -0.15) is 0 Å². The quantitative estimate of drug-likeness (QED) is 0.766. The highest BCUT2D eigenvalue weighted by Gasteiger charge is 2.35. The summed E-state index contributed by atoms with van der Waals surface area (Å²) in [5.41, 5.74) is 5.88. The average Bonchev–Trinajstić information content (AvgIpc) is 2.66. The zero-order valence-electron chi connectivity index (χ0n) is 9.83. The van der Waals surface area contributed by atoms with Crippen molar-refractivity contribution in [1.29, 1.82) is 0 Å². The molecule has 2 rings (SSSR count). The van der Waals surface area contributed by atoms with E-state index >= 15 is 0 Å². The molecule has 0 atom stereocenters. The lowest BCUT2D eigenvalue weighted by atomic mass is 9.67. The van der Waals surface area contributed by atoms with Gasteiger partial charge in [-0.25, -0.2) is 0 Å².